The lowest BCUT2D eigenvalue weighted by molar-refractivity contribution is 0.108. The number of nitrogens with one attached hydrogen (secondary N) is 1. The lowest BCUT2D eigenvalue weighted by atomic mass is 10.1. The van der Waals surface area contributed by atoms with Crippen LogP contribution in [0.3, 0.4) is 0 Å². The monoisotopic (exact) mass is 239 g/mol. The second-order valence-electron chi connectivity index (χ2n) is 4.29. The van der Waals surface area contributed by atoms with Crippen molar-refractivity contribution in [2.24, 2.45) is 0 Å². The van der Waals surface area contributed by atoms with E-state index < -0.39 is 0 Å². The van der Waals surface area contributed by atoms with Crippen LogP contribution in [-0.2, 0) is 4.74 Å². The molecular formula is C13H18ClNO. The summed E-state index contributed by atoms with van der Waals surface area (Å²) in [5.74, 6) is 0. The number of benzene rings is 1. The first-order valence-corrected chi connectivity index (χ1v) is 6.24. The van der Waals surface area contributed by atoms with Gasteiger partial charge in [-0.15, -0.1) is 0 Å². The van der Waals surface area contributed by atoms with Gasteiger partial charge in [-0.25, -0.2) is 0 Å². The Kier molecular flexibility index (Phi) is 4.22. The highest BCUT2D eigenvalue weighted by molar-refractivity contribution is 6.31. The summed E-state index contributed by atoms with van der Waals surface area (Å²) >= 11 is 6.14. The topological polar surface area (TPSA) is 21.3 Å². The van der Waals surface area contributed by atoms with E-state index in [2.05, 4.69) is 18.3 Å². The van der Waals surface area contributed by atoms with Crippen LogP contribution in [0.4, 0.5) is 0 Å². The van der Waals surface area contributed by atoms with Crippen LogP contribution in [0.2, 0.25) is 5.02 Å². The van der Waals surface area contributed by atoms with Gasteiger partial charge in [0.25, 0.3) is 0 Å². The average molecular weight is 240 g/mol. The number of halogens is 1. The van der Waals surface area contributed by atoms with Crippen LogP contribution < -0.4 is 5.32 Å². The molecular weight excluding hydrogens is 222 g/mol. The Morgan fingerprint density at radius 1 is 1.50 bits per heavy atom. The quantitative estimate of drug-likeness (QED) is 0.872. The van der Waals surface area contributed by atoms with E-state index >= 15 is 0 Å². The average Bonchev–Trinajstić information content (AvgIpc) is 2.79. The van der Waals surface area contributed by atoms with Gasteiger partial charge in [-0.05, 0) is 31.4 Å². The fourth-order valence-electron chi connectivity index (χ4n) is 2.05. The van der Waals surface area contributed by atoms with Crippen LogP contribution in [0.25, 0.3) is 0 Å². The molecule has 16 heavy (non-hydrogen) atoms. The molecule has 0 saturated carbocycles. The minimum absolute atomic E-state index is 0.276. The molecule has 0 amide bonds. The SMILES string of the molecule is CC(NCC1CCCO1)c1ccccc1Cl. The zero-order valence-corrected chi connectivity index (χ0v) is 10.3. The van der Waals surface area contributed by atoms with Crippen LogP contribution in [0.1, 0.15) is 31.4 Å². The molecule has 1 fully saturated rings. The van der Waals surface area contributed by atoms with Crippen molar-refractivity contribution in [1.29, 1.82) is 0 Å². The Labute approximate surface area is 102 Å². The second kappa shape index (κ2) is 5.67. The largest absolute Gasteiger partial charge is 0.377 e. The molecule has 2 nitrogen and oxygen atoms in total. The highest BCUT2D eigenvalue weighted by Gasteiger charge is 2.16. The summed E-state index contributed by atoms with van der Waals surface area (Å²) in [5.41, 5.74) is 1.15. The van der Waals surface area contributed by atoms with E-state index in [9.17, 15) is 0 Å². The first-order chi connectivity index (χ1) is 7.77. The van der Waals surface area contributed by atoms with Crippen LogP contribution >= 0.6 is 11.6 Å². The molecule has 2 rings (SSSR count). The van der Waals surface area contributed by atoms with Gasteiger partial charge in [-0.3, -0.25) is 0 Å². The van der Waals surface area contributed by atoms with Crippen LogP contribution in [0.15, 0.2) is 24.3 Å². The summed E-state index contributed by atoms with van der Waals surface area (Å²) in [6.07, 6.45) is 2.74. The molecule has 88 valence electrons. The first kappa shape index (κ1) is 11.9. The molecule has 0 aliphatic carbocycles. The van der Waals surface area contributed by atoms with Gasteiger partial charge < -0.3 is 10.1 Å². The van der Waals surface area contributed by atoms with Crippen molar-refractivity contribution in [3.05, 3.63) is 34.9 Å². The van der Waals surface area contributed by atoms with E-state index in [0.717, 1.165) is 23.7 Å². The zero-order chi connectivity index (χ0) is 11.4. The summed E-state index contributed by atoms with van der Waals surface area (Å²) in [4.78, 5) is 0. The third-order valence-corrected chi connectivity index (χ3v) is 3.39. The highest BCUT2D eigenvalue weighted by atomic mass is 35.5. The van der Waals surface area contributed by atoms with Gasteiger partial charge >= 0.3 is 0 Å². The van der Waals surface area contributed by atoms with E-state index in [1.54, 1.807) is 0 Å². The van der Waals surface area contributed by atoms with Crippen molar-refractivity contribution in [3.63, 3.8) is 0 Å². The van der Waals surface area contributed by atoms with E-state index in [1.807, 2.05) is 18.2 Å². The van der Waals surface area contributed by atoms with Gasteiger partial charge in [0.05, 0.1) is 6.10 Å². The molecule has 1 aliphatic rings. The van der Waals surface area contributed by atoms with Gasteiger partial charge in [0.2, 0.25) is 0 Å². The molecule has 0 radical (unpaired) electrons. The molecule has 0 bridgehead atoms. The van der Waals surface area contributed by atoms with Crippen LogP contribution in [0.5, 0.6) is 0 Å². The van der Waals surface area contributed by atoms with Crippen LogP contribution in [-0.4, -0.2) is 19.3 Å². The maximum atomic E-state index is 6.14. The predicted octanol–water partition coefficient (Wildman–Crippen LogP) is 3.17. The minimum Gasteiger partial charge on any atom is -0.377 e. The van der Waals surface area contributed by atoms with Crippen molar-refractivity contribution < 1.29 is 4.74 Å². The summed E-state index contributed by atoms with van der Waals surface area (Å²) < 4.78 is 5.57. The summed E-state index contributed by atoms with van der Waals surface area (Å²) in [7, 11) is 0. The summed E-state index contributed by atoms with van der Waals surface area (Å²) in [6, 6.07) is 8.25. The highest BCUT2D eigenvalue weighted by Crippen LogP contribution is 2.22. The molecule has 0 aromatic heterocycles. The van der Waals surface area contributed by atoms with Gasteiger partial charge in [0.15, 0.2) is 0 Å². The van der Waals surface area contributed by atoms with Crippen molar-refractivity contribution in [2.45, 2.75) is 31.9 Å². The van der Waals surface area contributed by atoms with E-state index in [-0.39, 0.29) is 6.04 Å². The van der Waals surface area contributed by atoms with E-state index in [1.165, 1.54) is 12.8 Å². The van der Waals surface area contributed by atoms with Gasteiger partial charge in [0.1, 0.15) is 0 Å². The summed E-state index contributed by atoms with van der Waals surface area (Å²) in [6.45, 7) is 3.95. The molecule has 0 spiro atoms. The predicted molar refractivity (Wildman–Crippen MR) is 66.8 cm³/mol. The molecule has 1 saturated heterocycles. The standard InChI is InChI=1S/C13H18ClNO/c1-10(12-6-2-3-7-13(12)14)15-9-11-5-4-8-16-11/h2-3,6-7,10-11,15H,4-5,8-9H2,1H3. The normalized spacial score (nSPS) is 22.2. The van der Waals surface area contributed by atoms with Gasteiger partial charge in [-0.2, -0.15) is 0 Å². The third-order valence-electron chi connectivity index (χ3n) is 3.05. The third kappa shape index (κ3) is 2.97. The fraction of sp³-hybridized carbons (Fsp3) is 0.538. The Hall–Kier alpha value is -0.570. The Morgan fingerprint density at radius 3 is 3.00 bits per heavy atom. The lowest BCUT2D eigenvalue weighted by Gasteiger charge is -2.18. The van der Waals surface area contributed by atoms with Crippen molar-refractivity contribution >= 4 is 11.6 Å². The van der Waals surface area contributed by atoms with Crippen molar-refractivity contribution in [3.8, 4) is 0 Å². The van der Waals surface area contributed by atoms with Crippen LogP contribution in [0, 0.1) is 0 Å². The van der Waals surface area contributed by atoms with E-state index in [4.69, 9.17) is 16.3 Å². The molecule has 1 heterocycles. The number of ether oxygens (including phenoxy) is 1. The number of rotatable bonds is 4. The van der Waals surface area contributed by atoms with Crippen molar-refractivity contribution in [2.75, 3.05) is 13.2 Å². The molecule has 2 unspecified atom stereocenters. The number of hydrogen-bond donors (Lipinski definition) is 1. The molecule has 3 heteroatoms. The lowest BCUT2D eigenvalue weighted by Crippen LogP contribution is -2.28. The van der Waals surface area contributed by atoms with Crippen molar-refractivity contribution in [1.82, 2.24) is 5.32 Å². The number of hydrogen-bond acceptors (Lipinski definition) is 2. The maximum absolute atomic E-state index is 6.14. The molecule has 1 aromatic carbocycles. The fourth-order valence-corrected chi connectivity index (χ4v) is 2.35. The van der Waals surface area contributed by atoms with E-state index in [0.29, 0.717) is 6.10 Å². The minimum atomic E-state index is 0.276. The maximum Gasteiger partial charge on any atom is 0.0700 e. The molecule has 1 aromatic rings. The molecule has 1 N–H and O–H groups in total. The zero-order valence-electron chi connectivity index (χ0n) is 9.58. The van der Waals surface area contributed by atoms with Gasteiger partial charge in [-0.1, -0.05) is 29.8 Å². The Balaban J connectivity index is 1.87. The Bertz CT molecular complexity index is 336. The van der Waals surface area contributed by atoms with Gasteiger partial charge in [0, 0.05) is 24.2 Å². The second-order valence-corrected chi connectivity index (χ2v) is 4.69. The summed E-state index contributed by atoms with van der Waals surface area (Å²) in [5, 5.41) is 4.30. The molecule has 2 atom stereocenters. The smallest absolute Gasteiger partial charge is 0.0700 e. The Morgan fingerprint density at radius 2 is 2.31 bits per heavy atom. The molecule has 1 aliphatic heterocycles. The first-order valence-electron chi connectivity index (χ1n) is 5.87.